The third-order valence-corrected chi connectivity index (χ3v) is 4.09. The molecule has 5 nitrogen and oxygen atoms in total. The standard InChI is InChI=1S/C17H18ClF3N2O3/c18-14-4-1-13(2-5-14)3-6-15(24)26-12-11-22-7-9-23(10-8-22)16(25)17(19,20)21/h1-6H,7-12H2/b6-3+. The van der Waals surface area contributed by atoms with Crippen molar-refractivity contribution < 1.29 is 27.5 Å². The summed E-state index contributed by atoms with van der Waals surface area (Å²) in [5.74, 6) is -2.32. The molecular formula is C17H18ClF3N2O3. The van der Waals surface area contributed by atoms with Crippen LogP contribution < -0.4 is 0 Å². The minimum atomic E-state index is -4.84. The maximum atomic E-state index is 12.4. The highest BCUT2D eigenvalue weighted by molar-refractivity contribution is 6.30. The Morgan fingerprint density at radius 1 is 1.12 bits per heavy atom. The molecule has 0 radical (unpaired) electrons. The molecule has 9 heteroatoms. The van der Waals surface area contributed by atoms with Crippen LogP contribution in [0.25, 0.3) is 6.08 Å². The maximum absolute atomic E-state index is 12.4. The fourth-order valence-corrected chi connectivity index (χ4v) is 2.54. The van der Waals surface area contributed by atoms with Gasteiger partial charge in [-0.1, -0.05) is 23.7 Å². The normalized spacial score (nSPS) is 16.1. The third kappa shape index (κ3) is 6.34. The van der Waals surface area contributed by atoms with Crippen LogP contribution in [0.4, 0.5) is 13.2 Å². The summed E-state index contributed by atoms with van der Waals surface area (Å²) in [6.07, 6.45) is -1.95. The molecule has 1 heterocycles. The molecule has 0 saturated carbocycles. The molecule has 1 aliphatic rings. The number of carbonyl (C=O) groups excluding carboxylic acids is 2. The van der Waals surface area contributed by atoms with Crippen LogP contribution in [0.15, 0.2) is 30.3 Å². The van der Waals surface area contributed by atoms with Crippen molar-refractivity contribution in [1.82, 2.24) is 9.80 Å². The number of hydrogen-bond acceptors (Lipinski definition) is 4. The van der Waals surface area contributed by atoms with E-state index in [2.05, 4.69) is 0 Å². The second-order valence-corrected chi connectivity index (χ2v) is 6.12. The summed E-state index contributed by atoms with van der Waals surface area (Å²) in [5, 5.41) is 0.599. The Balaban J connectivity index is 1.66. The average molecular weight is 391 g/mol. The number of ether oxygens (including phenoxy) is 1. The molecule has 1 saturated heterocycles. The monoisotopic (exact) mass is 390 g/mol. The quantitative estimate of drug-likeness (QED) is 0.573. The second-order valence-electron chi connectivity index (χ2n) is 5.68. The Morgan fingerprint density at radius 2 is 1.73 bits per heavy atom. The van der Waals surface area contributed by atoms with Crippen molar-refractivity contribution >= 4 is 29.6 Å². The van der Waals surface area contributed by atoms with Gasteiger partial charge in [0.05, 0.1) is 0 Å². The van der Waals surface area contributed by atoms with Gasteiger partial charge in [-0.2, -0.15) is 13.2 Å². The molecule has 0 N–H and O–H groups in total. The van der Waals surface area contributed by atoms with Gasteiger partial charge < -0.3 is 9.64 Å². The molecule has 1 aromatic carbocycles. The van der Waals surface area contributed by atoms with Crippen molar-refractivity contribution in [1.29, 1.82) is 0 Å². The van der Waals surface area contributed by atoms with E-state index in [0.29, 0.717) is 24.7 Å². The van der Waals surface area contributed by atoms with Crippen molar-refractivity contribution in [2.45, 2.75) is 6.18 Å². The van der Waals surface area contributed by atoms with Crippen molar-refractivity contribution in [3.05, 3.63) is 40.9 Å². The molecule has 26 heavy (non-hydrogen) atoms. The third-order valence-electron chi connectivity index (χ3n) is 3.84. The minimum Gasteiger partial charge on any atom is -0.461 e. The molecule has 0 spiro atoms. The smallest absolute Gasteiger partial charge is 0.461 e. The molecule has 1 fully saturated rings. The van der Waals surface area contributed by atoms with Crippen LogP contribution in [0, 0.1) is 0 Å². The fraction of sp³-hybridized carbons (Fsp3) is 0.412. The summed E-state index contributed by atoms with van der Waals surface area (Å²) in [7, 11) is 0. The molecule has 0 aliphatic carbocycles. The van der Waals surface area contributed by atoms with Crippen LogP contribution in [0.2, 0.25) is 5.02 Å². The van der Waals surface area contributed by atoms with Gasteiger partial charge in [0.15, 0.2) is 0 Å². The number of rotatable bonds is 5. The average Bonchev–Trinajstić information content (AvgIpc) is 2.60. The van der Waals surface area contributed by atoms with Gasteiger partial charge in [-0.15, -0.1) is 0 Å². The SMILES string of the molecule is O=C(/C=C/c1ccc(Cl)cc1)OCCN1CCN(C(=O)C(F)(F)F)CC1. The van der Waals surface area contributed by atoms with Crippen LogP contribution in [-0.4, -0.2) is 67.2 Å². The molecule has 1 amide bonds. The van der Waals surface area contributed by atoms with Crippen LogP contribution in [0.5, 0.6) is 0 Å². The first-order valence-electron chi connectivity index (χ1n) is 7.94. The molecule has 0 aromatic heterocycles. The number of nitrogens with zero attached hydrogens (tertiary/aromatic N) is 2. The van der Waals surface area contributed by atoms with Gasteiger partial charge >= 0.3 is 18.1 Å². The highest BCUT2D eigenvalue weighted by Crippen LogP contribution is 2.19. The molecule has 1 aromatic rings. The Bertz CT molecular complexity index is 654. The Hall–Kier alpha value is -2.06. The summed E-state index contributed by atoms with van der Waals surface area (Å²) < 4.78 is 42.2. The Kier molecular flexibility index (Phi) is 7.05. The van der Waals surface area contributed by atoms with E-state index in [1.165, 1.54) is 6.08 Å². The Morgan fingerprint density at radius 3 is 2.31 bits per heavy atom. The maximum Gasteiger partial charge on any atom is 0.471 e. The zero-order chi connectivity index (χ0) is 19.2. The van der Waals surface area contributed by atoms with E-state index in [1.54, 1.807) is 30.3 Å². The van der Waals surface area contributed by atoms with Gasteiger partial charge in [-0.25, -0.2) is 4.79 Å². The van der Waals surface area contributed by atoms with Gasteiger partial charge in [-0.05, 0) is 23.8 Å². The fourth-order valence-electron chi connectivity index (χ4n) is 2.42. The topological polar surface area (TPSA) is 49.9 Å². The molecule has 142 valence electrons. The van der Waals surface area contributed by atoms with E-state index in [0.717, 1.165) is 10.5 Å². The van der Waals surface area contributed by atoms with Crippen LogP contribution in [0.1, 0.15) is 5.56 Å². The zero-order valence-corrected chi connectivity index (χ0v) is 14.6. The minimum absolute atomic E-state index is 0.00274. The first-order valence-corrected chi connectivity index (χ1v) is 8.32. The number of piperazine rings is 1. The summed E-state index contributed by atoms with van der Waals surface area (Å²) in [5.41, 5.74) is 0.803. The lowest BCUT2D eigenvalue weighted by molar-refractivity contribution is -0.187. The number of halogens is 4. The largest absolute Gasteiger partial charge is 0.471 e. The lowest BCUT2D eigenvalue weighted by Crippen LogP contribution is -2.52. The zero-order valence-electron chi connectivity index (χ0n) is 13.8. The molecule has 0 atom stereocenters. The molecule has 0 unspecified atom stereocenters. The number of hydrogen-bond donors (Lipinski definition) is 0. The van der Waals surface area contributed by atoms with Gasteiger partial charge in [0.1, 0.15) is 6.61 Å². The van der Waals surface area contributed by atoms with Crippen molar-refractivity contribution in [2.75, 3.05) is 39.3 Å². The summed E-state index contributed by atoms with van der Waals surface area (Å²) in [6.45, 7) is 1.14. The van der Waals surface area contributed by atoms with E-state index in [4.69, 9.17) is 16.3 Å². The predicted molar refractivity (Wildman–Crippen MR) is 90.5 cm³/mol. The lowest BCUT2D eigenvalue weighted by atomic mass is 10.2. The molecule has 0 bridgehead atoms. The van der Waals surface area contributed by atoms with Gasteiger partial charge in [0, 0.05) is 43.8 Å². The molecule has 2 rings (SSSR count). The predicted octanol–water partition coefficient (Wildman–Crippen LogP) is 2.60. The number of benzene rings is 1. The van der Waals surface area contributed by atoms with E-state index in [1.807, 2.05) is 4.90 Å². The summed E-state index contributed by atoms with van der Waals surface area (Å²) in [6, 6.07) is 6.92. The number of esters is 1. The van der Waals surface area contributed by atoms with Crippen molar-refractivity contribution in [3.8, 4) is 0 Å². The molecule has 1 aliphatic heterocycles. The first kappa shape index (κ1) is 20.3. The van der Waals surface area contributed by atoms with E-state index in [-0.39, 0.29) is 19.7 Å². The van der Waals surface area contributed by atoms with Crippen molar-refractivity contribution in [3.63, 3.8) is 0 Å². The second kappa shape index (κ2) is 9.05. The van der Waals surface area contributed by atoms with Crippen LogP contribution >= 0.6 is 11.6 Å². The van der Waals surface area contributed by atoms with Gasteiger partial charge in [0.25, 0.3) is 0 Å². The highest BCUT2D eigenvalue weighted by atomic mass is 35.5. The van der Waals surface area contributed by atoms with Crippen LogP contribution in [-0.2, 0) is 14.3 Å². The number of carbonyl (C=O) groups is 2. The highest BCUT2D eigenvalue weighted by Gasteiger charge is 2.43. The number of alkyl halides is 3. The molecular weight excluding hydrogens is 373 g/mol. The Labute approximate surface area is 154 Å². The van der Waals surface area contributed by atoms with E-state index < -0.39 is 18.1 Å². The lowest BCUT2D eigenvalue weighted by Gasteiger charge is -2.34. The van der Waals surface area contributed by atoms with Crippen molar-refractivity contribution in [2.24, 2.45) is 0 Å². The van der Waals surface area contributed by atoms with Gasteiger partial charge in [0.2, 0.25) is 0 Å². The van der Waals surface area contributed by atoms with Crippen LogP contribution in [0.3, 0.4) is 0 Å². The summed E-state index contributed by atoms with van der Waals surface area (Å²) in [4.78, 5) is 25.4. The van der Waals surface area contributed by atoms with E-state index >= 15 is 0 Å². The first-order chi connectivity index (χ1) is 12.3. The summed E-state index contributed by atoms with van der Waals surface area (Å²) >= 11 is 5.77. The number of amides is 1. The van der Waals surface area contributed by atoms with E-state index in [9.17, 15) is 22.8 Å². The van der Waals surface area contributed by atoms with Gasteiger partial charge in [-0.3, -0.25) is 9.69 Å².